The highest BCUT2D eigenvalue weighted by molar-refractivity contribution is 9.10. The highest BCUT2D eigenvalue weighted by Crippen LogP contribution is 2.21. The van der Waals surface area contributed by atoms with Gasteiger partial charge >= 0.3 is 0 Å². The number of amides is 2. The number of halogens is 2. The molecular formula is C28H31BrClN3O4S. The number of carbonyl (C=O) groups excluding carboxylic acids is 2. The van der Waals surface area contributed by atoms with Crippen LogP contribution in [0.1, 0.15) is 25.0 Å². The lowest BCUT2D eigenvalue weighted by atomic mass is 10.0. The van der Waals surface area contributed by atoms with Crippen LogP contribution in [0.25, 0.3) is 0 Å². The van der Waals surface area contributed by atoms with Gasteiger partial charge in [-0.15, -0.1) is 0 Å². The minimum absolute atomic E-state index is 0.0223. The number of benzene rings is 3. The number of likely N-dealkylation sites (N-methyl/N-ethyl adjacent to an activating group) is 1. The third-order valence-electron chi connectivity index (χ3n) is 5.82. The van der Waals surface area contributed by atoms with Gasteiger partial charge in [0.05, 0.1) is 11.4 Å². The summed E-state index contributed by atoms with van der Waals surface area (Å²) in [5.74, 6) is -0.805. The molecule has 3 aromatic carbocycles. The lowest BCUT2D eigenvalue weighted by Gasteiger charge is -2.33. The highest BCUT2D eigenvalue weighted by Gasteiger charge is 2.33. The van der Waals surface area contributed by atoms with Crippen molar-refractivity contribution in [3.8, 4) is 0 Å². The van der Waals surface area contributed by atoms with Crippen molar-refractivity contribution in [2.24, 2.45) is 0 Å². The number of nitrogens with one attached hydrogen (secondary N) is 1. The molecule has 0 saturated heterocycles. The Morgan fingerprint density at radius 2 is 1.58 bits per heavy atom. The van der Waals surface area contributed by atoms with E-state index in [-0.39, 0.29) is 29.8 Å². The predicted molar refractivity (Wildman–Crippen MR) is 153 cm³/mol. The summed E-state index contributed by atoms with van der Waals surface area (Å²) >= 11 is 9.37. The van der Waals surface area contributed by atoms with Crippen molar-refractivity contribution in [3.05, 3.63) is 99.5 Å². The summed E-state index contributed by atoms with van der Waals surface area (Å²) in [7, 11) is -2.62. The van der Waals surface area contributed by atoms with E-state index in [1.807, 2.05) is 68.4 Å². The Morgan fingerprint density at radius 3 is 2.18 bits per heavy atom. The van der Waals surface area contributed by atoms with Crippen LogP contribution in [0.15, 0.2) is 88.2 Å². The molecule has 0 aromatic heterocycles. The SMILES string of the molecule is CC(C)NC(=O)[C@H](Cc1ccccc1)N(Cc1cccc(Br)c1)C(=O)CN(C)S(=O)(=O)c1ccc(Cl)cc1. The Hall–Kier alpha value is -2.72. The second-order valence-electron chi connectivity index (χ2n) is 9.24. The maximum absolute atomic E-state index is 13.8. The molecule has 1 atom stereocenters. The lowest BCUT2D eigenvalue weighted by molar-refractivity contribution is -0.141. The van der Waals surface area contributed by atoms with Gasteiger partial charge in [0.15, 0.2) is 0 Å². The first kappa shape index (κ1) is 29.8. The third kappa shape index (κ3) is 8.14. The van der Waals surface area contributed by atoms with Gasteiger partial charge in [-0.3, -0.25) is 9.59 Å². The monoisotopic (exact) mass is 619 g/mol. The smallest absolute Gasteiger partial charge is 0.243 e. The van der Waals surface area contributed by atoms with Crippen LogP contribution in [0, 0.1) is 0 Å². The van der Waals surface area contributed by atoms with Gasteiger partial charge in [-0.2, -0.15) is 4.31 Å². The molecule has 2 amide bonds. The van der Waals surface area contributed by atoms with Crippen LogP contribution in [0.4, 0.5) is 0 Å². The first-order valence-electron chi connectivity index (χ1n) is 12.1. The number of hydrogen-bond donors (Lipinski definition) is 1. The van der Waals surface area contributed by atoms with E-state index in [0.29, 0.717) is 5.02 Å². The molecular weight excluding hydrogens is 590 g/mol. The van der Waals surface area contributed by atoms with Crippen LogP contribution in [0.5, 0.6) is 0 Å². The molecule has 0 aliphatic rings. The zero-order valence-electron chi connectivity index (χ0n) is 21.5. The van der Waals surface area contributed by atoms with E-state index in [2.05, 4.69) is 21.2 Å². The van der Waals surface area contributed by atoms with Gasteiger partial charge in [0.25, 0.3) is 0 Å². The van der Waals surface area contributed by atoms with E-state index in [4.69, 9.17) is 11.6 Å². The standard InChI is InChI=1S/C28H31BrClN3O4S/c1-20(2)31-28(35)26(17-21-8-5-4-6-9-21)33(18-22-10-7-11-23(29)16-22)27(34)19-32(3)38(36,37)25-14-12-24(30)13-15-25/h4-16,20,26H,17-19H2,1-3H3,(H,31,35)/t26-/m0/s1. The average molecular weight is 621 g/mol. The quantitative estimate of drug-likeness (QED) is 0.331. The van der Waals surface area contributed by atoms with Crippen LogP contribution in [-0.4, -0.2) is 55.1 Å². The largest absolute Gasteiger partial charge is 0.352 e. The topological polar surface area (TPSA) is 86.8 Å². The van der Waals surface area contributed by atoms with Gasteiger partial charge in [0.2, 0.25) is 21.8 Å². The van der Waals surface area contributed by atoms with E-state index in [1.54, 1.807) is 0 Å². The minimum atomic E-state index is -3.97. The Bertz CT molecular complexity index is 1350. The molecule has 3 rings (SSSR count). The van der Waals surface area contributed by atoms with Crippen molar-refractivity contribution in [1.82, 2.24) is 14.5 Å². The molecule has 0 aliphatic carbocycles. The lowest BCUT2D eigenvalue weighted by Crippen LogP contribution is -2.53. The summed E-state index contributed by atoms with van der Waals surface area (Å²) in [6.45, 7) is 3.38. The van der Waals surface area contributed by atoms with Crippen LogP contribution in [-0.2, 0) is 32.6 Å². The van der Waals surface area contributed by atoms with Crippen molar-refractivity contribution >= 4 is 49.4 Å². The number of carbonyl (C=O) groups is 2. The summed E-state index contributed by atoms with van der Waals surface area (Å²) in [6.07, 6.45) is 0.271. The highest BCUT2D eigenvalue weighted by atomic mass is 79.9. The normalized spacial score (nSPS) is 12.4. The molecule has 7 nitrogen and oxygen atoms in total. The molecule has 0 aliphatic heterocycles. The maximum atomic E-state index is 13.8. The van der Waals surface area contributed by atoms with Gasteiger partial charge in [0, 0.05) is 35.6 Å². The van der Waals surface area contributed by atoms with Gasteiger partial charge in [-0.05, 0) is 61.4 Å². The maximum Gasteiger partial charge on any atom is 0.243 e. The summed E-state index contributed by atoms with van der Waals surface area (Å²) < 4.78 is 28.2. The first-order valence-corrected chi connectivity index (χ1v) is 14.7. The fraction of sp³-hybridized carbons (Fsp3) is 0.286. The van der Waals surface area contributed by atoms with Crippen molar-refractivity contribution < 1.29 is 18.0 Å². The average Bonchev–Trinajstić information content (AvgIpc) is 2.86. The summed E-state index contributed by atoms with van der Waals surface area (Å²) in [4.78, 5) is 28.7. The Balaban J connectivity index is 1.97. The van der Waals surface area contributed by atoms with Crippen molar-refractivity contribution in [1.29, 1.82) is 0 Å². The van der Waals surface area contributed by atoms with E-state index in [1.165, 1.54) is 36.2 Å². The molecule has 1 N–H and O–H groups in total. The third-order valence-corrected chi connectivity index (χ3v) is 8.39. The Morgan fingerprint density at radius 1 is 0.947 bits per heavy atom. The molecule has 202 valence electrons. The van der Waals surface area contributed by atoms with Crippen LogP contribution in [0.2, 0.25) is 5.02 Å². The molecule has 0 radical (unpaired) electrons. The van der Waals surface area contributed by atoms with E-state index in [0.717, 1.165) is 19.9 Å². The fourth-order valence-electron chi connectivity index (χ4n) is 3.92. The zero-order valence-corrected chi connectivity index (χ0v) is 24.6. The van der Waals surface area contributed by atoms with Gasteiger partial charge < -0.3 is 10.2 Å². The van der Waals surface area contributed by atoms with Gasteiger partial charge in [-0.1, -0.05) is 70.0 Å². The fourth-order valence-corrected chi connectivity index (χ4v) is 5.61. The second-order valence-corrected chi connectivity index (χ2v) is 12.6. The van der Waals surface area contributed by atoms with Crippen LogP contribution >= 0.6 is 27.5 Å². The molecule has 38 heavy (non-hydrogen) atoms. The van der Waals surface area contributed by atoms with Crippen LogP contribution in [0.3, 0.4) is 0 Å². The van der Waals surface area contributed by atoms with Gasteiger partial charge in [0.1, 0.15) is 6.04 Å². The molecule has 0 unspecified atom stereocenters. The number of hydrogen-bond acceptors (Lipinski definition) is 4. The summed E-state index contributed by atoms with van der Waals surface area (Å²) in [5.41, 5.74) is 1.68. The second kappa shape index (κ2) is 13.4. The number of nitrogens with zero attached hydrogens (tertiary/aromatic N) is 2. The van der Waals surface area contributed by atoms with Gasteiger partial charge in [-0.25, -0.2) is 8.42 Å². The summed E-state index contributed by atoms with van der Waals surface area (Å²) in [6, 6.07) is 21.6. The van der Waals surface area contributed by atoms with E-state index >= 15 is 0 Å². The molecule has 0 fully saturated rings. The Kier molecular flexibility index (Phi) is 10.5. The molecule has 10 heteroatoms. The molecule has 0 spiro atoms. The number of rotatable bonds is 11. The first-order chi connectivity index (χ1) is 18.0. The minimum Gasteiger partial charge on any atom is -0.352 e. The van der Waals surface area contributed by atoms with Crippen molar-refractivity contribution in [3.63, 3.8) is 0 Å². The molecule has 0 bridgehead atoms. The molecule has 0 saturated carbocycles. The summed E-state index contributed by atoms with van der Waals surface area (Å²) in [5, 5.41) is 3.33. The predicted octanol–water partition coefficient (Wildman–Crippen LogP) is 4.89. The number of sulfonamides is 1. The molecule has 3 aromatic rings. The Labute approximate surface area is 238 Å². The zero-order chi connectivity index (χ0) is 27.9. The van der Waals surface area contributed by atoms with E-state index < -0.39 is 28.5 Å². The van der Waals surface area contributed by atoms with Crippen LogP contribution < -0.4 is 5.32 Å². The van der Waals surface area contributed by atoms with E-state index in [9.17, 15) is 18.0 Å². The van der Waals surface area contributed by atoms with Crippen molar-refractivity contribution in [2.45, 2.75) is 43.8 Å². The van der Waals surface area contributed by atoms with Crippen molar-refractivity contribution in [2.75, 3.05) is 13.6 Å². The molecule has 0 heterocycles.